The first kappa shape index (κ1) is 14.6. The van der Waals surface area contributed by atoms with Crippen LogP contribution in [0.2, 0.25) is 0 Å². The zero-order valence-corrected chi connectivity index (χ0v) is 12.6. The lowest BCUT2D eigenvalue weighted by atomic mass is 10.1. The van der Waals surface area contributed by atoms with Gasteiger partial charge in [0.1, 0.15) is 6.10 Å². The molecular formula is C14H14BrFN2O2. The van der Waals surface area contributed by atoms with E-state index in [0.717, 1.165) is 4.47 Å². The third-order valence-corrected chi connectivity index (χ3v) is 3.23. The van der Waals surface area contributed by atoms with Gasteiger partial charge in [0, 0.05) is 16.2 Å². The monoisotopic (exact) mass is 340 g/mol. The van der Waals surface area contributed by atoms with Crippen molar-refractivity contribution in [1.82, 2.24) is 4.98 Å². The Kier molecular flexibility index (Phi) is 4.44. The number of halogens is 2. The SMILES string of the molecule is COc1c(F)cccc1C(C)Oc1cc(Br)cnc1N. The van der Waals surface area contributed by atoms with Crippen LogP contribution in [0.25, 0.3) is 0 Å². The first-order chi connectivity index (χ1) is 9.52. The molecule has 2 rings (SSSR count). The van der Waals surface area contributed by atoms with Gasteiger partial charge in [-0.1, -0.05) is 12.1 Å². The molecule has 0 spiro atoms. The Morgan fingerprint density at radius 3 is 2.85 bits per heavy atom. The molecule has 1 aromatic heterocycles. The zero-order valence-electron chi connectivity index (χ0n) is 11.1. The molecule has 1 unspecified atom stereocenters. The summed E-state index contributed by atoms with van der Waals surface area (Å²) in [6, 6.07) is 6.40. The quantitative estimate of drug-likeness (QED) is 0.921. The number of hydrogen-bond donors (Lipinski definition) is 1. The van der Waals surface area contributed by atoms with Gasteiger partial charge in [0.15, 0.2) is 23.1 Å². The first-order valence-corrected chi connectivity index (χ1v) is 6.72. The van der Waals surface area contributed by atoms with E-state index in [9.17, 15) is 4.39 Å². The Morgan fingerprint density at radius 2 is 2.15 bits per heavy atom. The summed E-state index contributed by atoms with van der Waals surface area (Å²) in [5, 5.41) is 0. The number of nitrogens with two attached hydrogens (primary N) is 1. The molecular weight excluding hydrogens is 327 g/mol. The number of rotatable bonds is 4. The van der Waals surface area contributed by atoms with Crippen LogP contribution in [0.1, 0.15) is 18.6 Å². The van der Waals surface area contributed by atoms with Crippen LogP contribution >= 0.6 is 15.9 Å². The smallest absolute Gasteiger partial charge is 0.166 e. The Bertz CT molecular complexity index is 622. The second kappa shape index (κ2) is 6.09. The molecule has 2 aromatic rings. The molecule has 2 N–H and O–H groups in total. The van der Waals surface area contributed by atoms with Crippen molar-refractivity contribution in [3.8, 4) is 11.5 Å². The van der Waals surface area contributed by atoms with Crippen molar-refractivity contribution in [2.75, 3.05) is 12.8 Å². The van der Waals surface area contributed by atoms with Crippen LogP contribution in [-0.2, 0) is 0 Å². The van der Waals surface area contributed by atoms with E-state index in [1.54, 1.807) is 31.3 Å². The molecule has 106 valence electrons. The van der Waals surface area contributed by atoms with Gasteiger partial charge >= 0.3 is 0 Å². The lowest BCUT2D eigenvalue weighted by molar-refractivity contribution is 0.220. The predicted molar refractivity (Wildman–Crippen MR) is 78.3 cm³/mol. The summed E-state index contributed by atoms with van der Waals surface area (Å²) in [7, 11) is 1.42. The molecule has 0 aliphatic carbocycles. The highest BCUT2D eigenvalue weighted by Gasteiger charge is 2.17. The topological polar surface area (TPSA) is 57.4 Å². The van der Waals surface area contributed by atoms with Crippen molar-refractivity contribution in [2.24, 2.45) is 0 Å². The second-order valence-corrected chi connectivity index (χ2v) is 5.07. The summed E-state index contributed by atoms with van der Waals surface area (Å²) in [4.78, 5) is 3.99. The van der Waals surface area contributed by atoms with Gasteiger partial charge in [-0.3, -0.25) is 0 Å². The molecule has 4 nitrogen and oxygen atoms in total. The van der Waals surface area contributed by atoms with Crippen molar-refractivity contribution in [2.45, 2.75) is 13.0 Å². The van der Waals surface area contributed by atoms with Crippen LogP contribution in [0.4, 0.5) is 10.2 Å². The van der Waals surface area contributed by atoms with E-state index in [1.165, 1.54) is 13.2 Å². The first-order valence-electron chi connectivity index (χ1n) is 5.93. The second-order valence-electron chi connectivity index (χ2n) is 4.16. The Labute approximate surface area is 124 Å². The van der Waals surface area contributed by atoms with E-state index in [0.29, 0.717) is 11.3 Å². The number of nitrogen functional groups attached to an aromatic ring is 1. The maximum atomic E-state index is 13.7. The third kappa shape index (κ3) is 3.01. The van der Waals surface area contributed by atoms with Crippen LogP contribution in [0.15, 0.2) is 34.9 Å². The van der Waals surface area contributed by atoms with Crippen molar-refractivity contribution in [3.05, 3.63) is 46.3 Å². The number of ether oxygens (including phenoxy) is 2. The molecule has 0 bridgehead atoms. The number of benzene rings is 1. The van der Waals surface area contributed by atoms with Gasteiger partial charge in [0.25, 0.3) is 0 Å². The lowest BCUT2D eigenvalue weighted by Crippen LogP contribution is -2.08. The fraction of sp³-hybridized carbons (Fsp3) is 0.214. The van der Waals surface area contributed by atoms with Crippen molar-refractivity contribution in [1.29, 1.82) is 0 Å². The van der Waals surface area contributed by atoms with Crippen LogP contribution in [0, 0.1) is 5.82 Å². The van der Waals surface area contributed by atoms with Gasteiger partial charge in [-0.2, -0.15) is 0 Å². The van der Waals surface area contributed by atoms with Gasteiger partial charge in [0.2, 0.25) is 0 Å². The number of aromatic nitrogens is 1. The van der Waals surface area contributed by atoms with Gasteiger partial charge < -0.3 is 15.2 Å². The summed E-state index contributed by atoms with van der Waals surface area (Å²) in [5.74, 6) is 0.441. The molecule has 0 saturated heterocycles. The molecule has 0 saturated carbocycles. The highest BCUT2D eigenvalue weighted by atomic mass is 79.9. The van der Waals surface area contributed by atoms with Gasteiger partial charge in [-0.15, -0.1) is 0 Å². The minimum Gasteiger partial charge on any atom is -0.493 e. The third-order valence-electron chi connectivity index (χ3n) is 2.79. The standard InChI is InChI=1S/C14H14BrFN2O2/c1-8(10-4-3-5-11(16)13(10)19-2)20-12-6-9(15)7-18-14(12)17/h3-8H,1-2H3,(H2,17,18). The molecule has 6 heteroatoms. The molecule has 1 aromatic carbocycles. The lowest BCUT2D eigenvalue weighted by Gasteiger charge is -2.18. The number of hydrogen-bond acceptors (Lipinski definition) is 4. The van der Waals surface area contributed by atoms with Gasteiger partial charge in [0.05, 0.1) is 7.11 Å². The van der Waals surface area contributed by atoms with E-state index in [-0.39, 0.29) is 11.6 Å². The Hall–Kier alpha value is -1.82. The van der Waals surface area contributed by atoms with Crippen LogP contribution in [-0.4, -0.2) is 12.1 Å². The predicted octanol–water partition coefficient (Wildman–Crippen LogP) is 3.71. The average Bonchev–Trinajstić information content (AvgIpc) is 2.42. The van der Waals surface area contributed by atoms with Gasteiger partial charge in [-0.25, -0.2) is 9.37 Å². The minimum atomic E-state index is -0.431. The fourth-order valence-corrected chi connectivity index (χ4v) is 2.15. The van der Waals surface area contributed by atoms with E-state index >= 15 is 0 Å². The minimum absolute atomic E-state index is 0.168. The van der Waals surface area contributed by atoms with Crippen LogP contribution < -0.4 is 15.2 Å². The molecule has 0 aliphatic heterocycles. The van der Waals surface area contributed by atoms with E-state index < -0.39 is 11.9 Å². The van der Waals surface area contributed by atoms with Crippen LogP contribution in [0.5, 0.6) is 11.5 Å². The van der Waals surface area contributed by atoms with E-state index in [4.69, 9.17) is 15.2 Å². The summed E-state index contributed by atoms with van der Waals surface area (Å²) in [6.45, 7) is 1.79. The van der Waals surface area contributed by atoms with E-state index in [2.05, 4.69) is 20.9 Å². The maximum absolute atomic E-state index is 13.7. The number of para-hydroxylation sites is 1. The van der Waals surface area contributed by atoms with Crippen LogP contribution in [0.3, 0.4) is 0 Å². The Morgan fingerprint density at radius 1 is 1.40 bits per heavy atom. The van der Waals surface area contributed by atoms with Gasteiger partial charge in [-0.05, 0) is 35.0 Å². The zero-order chi connectivity index (χ0) is 14.7. The molecule has 0 radical (unpaired) electrons. The normalized spacial score (nSPS) is 12.0. The number of nitrogens with zero attached hydrogens (tertiary/aromatic N) is 1. The van der Waals surface area contributed by atoms with Crippen molar-refractivity contribution < 1.29 is 13.9 Å². The number of pyridine rings is 1. The molecule has 20 heavy (non-hydrogen) atoms. The summed E-state index contributed by atoms with van der Waals surface area (Å²) < 4.78 is 25.2. The highest BCUT2D eigenvalue weighted by Crippen LogP contribution is 2.33. The number of methoxy groups -OCH3 is 1. The molecule has 0 amide bonds. The highest BCUT2D eigenvalue weighted by molar-refractivity contribution is 9.10. The summed E-state index contributed by atoms with van der Waals surface area (Å²) in [6.07, 6.45) is 1.15. The van der Waals surface area contributed by atoms with Crippen molar-refractivity contribution in [3.63, 3.8) is 0 Å². The fourth-order valence-electron chi connectivity index (χ4n) is 1.84. The molecule has 1 atom stereocenters. The van der Waals surface area contributed by atoms with Crippen molar-refractivity contribution >= 4 is 21.7 Å². The molecule has 0 aliphatic rings. The maximum Gasteiger partial charge on any atom is 0.166 e. The molecule has 1 heterocycles. The molecule has 0 fully saturated rings. The summed E-state index contributed by atoms with van der Waals surface area (Å²) in [5.41, 5.74) is 6.36. The Balaban J connectivity index is 2.30. The van der Waals surface area contributed by atoms with E-state index in [1.807, 2.05) is 0 Å². The largest absolute Gasteiger partial charge is 0.493 e. The average molecular weight is 341 g/mol. The number of anilines is 1. The summed E-state index contributed by atoms with van der Waals surface area (Å²) >= 11 is 3.30.